The molecular formula is C19H19NO5. The summed E-state index contributed by atoms with van der Waals surface area (Å²) in [6.07, 6.45) is 0. The van der Waals surface area contributed by atoms with Gasteiger partial charge < -0.3 is 19.8 Å². The van der Waals surface area contributed by atoms with E-state index in [0.29, 0.717) is 23.3 Å². The van der Waals surface area contributed by atoms with Crippen molar-refractivity contribution >= 4 is 11.9 Å². The zero-order valence-electron chi connectivity index (χ0n) is 14.0. The van der Waals surface area contributed by atoms with E-state index in [-0.39, 0.29) is 17.4 Å². The third-order valence-electron chi connectivity index (χ3n) is 4.47. The van der Waals surface area contributed by atoms with E-state index in [9.17, 15) is 19.8 Å². The molecule has 2 aromatic rings. The molecule has 2 N–H and O–H groups in total. The Morgan fingerprint density at radius 1 is 1.24 bits per heavy atom. The van der Waals surface area contributed by atoms with Crippen molar-refractivity contribution in [1.29, 1.82) is 0 Å². The number of ether oxygens (including phenoxy) is 1. The van der Waals surface area contributed by atoms with E-state index in [1.165, 1.54) is 11.0 Å². The number of benzene rings is 2. The highest BCUT2D eigenvalue weighted by molar-refractivity contribution is 6.00. The summed E-state index contributed by atoms with van der Waals surface area (Å²) in [5, 5.41) is 19.7. The Bertz CT molecular complexity index is 832. The zero-order chi connectivity index (χ0) is 18.1. The molecule has 3 rings (SSSR count). The van der Waals surface area contributed by atoms with Crippen LogP contribution in [0.2, 0.25) is 0 Å². The Kier molecular flexibility index (Phi) is 4.35. The second-order valence-electron chi connectivity index (χ2n) is 5.92. The Morgan fingerprint density at radius 2 is 1.96 bits per heavy atom. The van der Waals surface area contributed by atoms with E-state index in [4.69, 9.17) is 4.74 Å². The number of carbonyl (C=O) groups excluding carboxylic acids is 1. The van der Waals surface area contributed by atoms with E-state index in [1.807, 2.05) is 0 Å². The number of hydrogen-bond donors (Lipinski definition) is 2. The fourth-order valence-corrected chi connectivity index (χ4v) is 3.34. The van der Waals surface area contributed by atoms with Crippen LogP contribution in [0.4, 0.5) is 0 Å². The van der Waals surface area contributed by atoms with Gasteiger partial charge in [0, 0.05) is 12.6 Å². The Morgan fingerprint density at radius 3 is 2.64 bits per heavy atom. The molecule has 1 heterocycles. The van der Waals surface area contributed by atoms with Crippen molar-refractivity contribution in [3.8, 4) is 11.5 Å². The van der Waals surface area contributed by atoms with Crippen LogP contribution in [0.3, 0.4) is 0 Å². The molecule has 2 aromatic carbocycles. The molecule has 2 atom stereocenters. The minimum atomic E-state index is -1.01. The lowest BCUT2D eigenvalue weighted by Crippen LogP contribution is -2.42. The lowest BCUT2D eigenvalue weighted by molar-refractivity contribution is -0.140. The van der Waals surface area contributed by atoms with Gasteiger partial charge in [-0.15, -0.1) is 0 Å². The molecule has 0 unspecified atom stereocenters. The number of carboxylic acids is 1. The third-order valence-corrected chi connectivity index (χ3v) is 4.47. The molecule has 6 heteroatoms. The van der Waals surface area contributed by atoms with E-state index < -0.39 is 17.9 Å². The molecule has 0 aromatic heterocycles. The second-order valence-corrected chi connectivity index (χ2v) is 5.92. The summed E-state index contributed by atoms with van der Waals surface area (Å²) in [7, 11) is 1.59. The number of likely N-dealkylation sites (N-methyl/N-ethyl adjacent to an activating group) is 1. The molecule has 0 bridgehead atoms. The molecule has 1 aliphatic rings. The normalized spacial score (nSPS) is 19.4. The van der Waals surface area contributed by atoms with Gasteiger partial charge in [0.2, 0.25) is 0 Å². The second kappa shape index (κ2) is 6.47. The highest BCUT2D eigenvalue weighted by atomic mass is 16.5. The van der Waals surface area contributed by atoms with E-state index in [2.05, 4.69) is 0 Å². The molecule has 25 heavy (non-hydrogen) atoms. The number of aromatic hydroxyl groups is 1. The summed E-state index contributed by atoms with van der Waals surface area (Å²) in [5.74, 6) is -1.91. The average molecular weight is 341 g/mol. The number of carbonyl (C=O) groups is 2. The molecule has 0 saturated heterocycles. The largest absolute Gasteiger partial charge is 0.504 e. The maximum Gasteiger partial charge on any atom is 0.313 e. The minimum Gasteiger partial charge on any atom is -0.504 e. The van der Waals surface area contributed by atoms with Gasteiger partial charge in [0.05, 0.1) is 12.6 Å². The number of carboxylic acid groups (broad SMARTS) is 1. The third kappa shape index (κ3) is 2.80. The van der Waals surface area contributed by atoms with E-state index in [0.717, 1.165) is 0 Å². The van der Waals surface area contributed by atoms with Crippen LogP contribution in [0, 0.1) is 0 Å². The number of hydrogen-bond acceptors (Lipinski definition) is 4. The monoisotopic (exact) mass is 341 g/mol. The van der Waals surface area contributed by atoms with E-state index >= 15 is 0 Å². The van der Waals surface area contributed by atoms with Crippen molar-refractivity contribution in [2.24, 2.45) is 0 Å². The molecule has 130 valence electrons. The molecule has 0 spiro atoms. The van der Waals surface area contributed by atoms with Crippen LogP contribution in [-0.4, -0.2) is 40.6 Å². The smallest absolute Gasteiger partial charge is 0.313 e. The summed E-state index contributed by atoms with van der Waals surface area (Å²) in [5.41, 5.74) is 1.49. The first-order valence-corrected chi connectivity index (χ1v) is 8.00. The standard InChI is InChI=1S/C19H19NO5/c1-3-25-15-10-11(8-9-14(15)21)17-16(19(23)24)12-6-4-5-7-13(12)18(22)20(17)2/h4-10,16-17,21H,3H2,1-2H3,(H,23,24)/t16-,17+/m1/s1. The van der Waals surface area contributed by atoms with Gasteiger partial charge >= 0.3 is 5.97 Å². The first-order valence-electron chi connectivity index (χ1n) is 8.00. The lowest BCUT2D eigenvalue weighted by atomic mass is 9.80. The SMILES string of the molecule is CCOc1cc([C@H]2[C@H](C(=O)O)c3ccccc3C(=O)N2C)ccc1O. The molecular weight excluding hydrogens is 322 g/mol. The van der Waals surface area contributed by atoms with Crippen LogP contribution in [0.1, 0.15) is 40.4 Å². The Labute approximate surface area is 145 Å². The summed E-state index contributed by atoms with van der Waals surface area (Å²) in [4.78, 5) is 26.1. The van der Waals surface area contributed by atoms with Crippen LogP contribution in [0.5, 0.6) is 11.5 Å². The molecule has 1 aliphatic heterocycles. The van der Waals surface area contributed by atoms with Gasteiger partial charge in [0.1, 0.15) is 5.92 Å². The average Bonchev–Trinajstić information content (AvgIpc) is 2.60. The van der Waals surface area contributed by atoms with Crippen molar-refractivity contribution in [1.82, 2.24) is 4.90 Å². The van der Waals surface area contributed by atoms with Crippen LogP contribution in [0.25, 0.3) is 0 Å². The fraction of sp³-hybridized carbons (Fsp3) is 0.263. The van der Waals surface area contributed by atoms with Crippen molar-refractivity contribution < 1.29 is 24.5 Å². The minimum absolute atomic E-state index is 0.0253. The molecule has 0 fully saturated rings. The molecule has 0 radical (unpaired) electrons. The van der Waals surface area contributed by atoms with E-state index in [1.54, 1.807) is 50.4 Å². The summed E-state index contributed by atoms with van der Waals surface area (Å²) in [6.45, 7) is 2.15. The number of phenols is 1. The summed E-state index contributed by atoms with van der Waals surface area (Å²) < 4.78 is 5.39. The van der Waals surface area contributed by atoms with Gasteiger partial charge in [-0.05, 0) is 36.2 Å². The number of rotatable bonds is 4. The Balaban J connectivity index is 2.16. The number of aliphatic carboxylic acids is 1. The van der Waals surface area contributed by atoms with Crippen LogP contribution in [0.15, 0.2) is 42.5 Å². The van der Waals surface area contributed by atoms with Gasteiger partial charge in [0.15, 0.2) is 11.5 Å². The number of nitrogens with zero attached hydrogens (tertiary/aromatic N) is 1. The first-order chi connectivity index (χ1) is 12.0. The number of amides is 1. The topological polar surface area (TPSA) is 87.1 Å². The zero-order valence-corrected chi connectivity index (χ0v) is 14.0. The predicted octanol–water partition coefficient (Wildman–Crippen LogP) is 2.79. The first kappa shape index (κ1) is 16.8. The molecule has 1 amide bonds. The van der Waals surface area contributed by atoms with Gasteiger partial charge in [-0.25, -0.2) is 0 Å². The quantitative estimate of drug-likeness (QED) is 0.893. The lowest BCUT2D eigenvalue weighted by Gasteiger charge is -2.38. The van der Waals surface area contributed by atoms with Crippen molar-refractivity contribution in [2.75, 3.05) is 13.7 Å². The molecule has 6 nitrogen and oxygen atoms in total. The van der Waals surface area contributed by atoms with Crippen LogP contribution < -0.4 is 4.74 Å². The highest BCUT2D eigenvalue weighted by Crippen LogP contribution is 2.43. The van der Waals surface area contributed by atoms with Crippen molar-refractivity contribution in [3.05, 3.63) is 59.2 Å². The molecule has 0 saturated carbocycles. The highest BCUT2D eigenvalue weighted by Gasteiger charge is 2.42. The summed E-state index contributed by atoms with van der Waals surface area (Å²) >= 11 is 0. The number of phenolic OH excluding ortho intramolecular Hbond substituents is 1. The predicted molar refractivity (Wildman–Crippen MR) is 90.9 cm³/mol. The van der Waals surface area contributed by atoms with Gasteiger partial charge in [-0.1, -0.05) is 24.3 Å². The summed E-state index contributed by atoms with van der Waals surface area (Å²) in [6, 6.07) is 10.7. The maximum atomic E-state index is 12.7. The number of fused-ring (bicyclic) bond motifs is 1. The van der Waals surface area contributed by atoms with Crippen LogP contribution in [-0.2, 0) is 4.79 Å². The van der Waals surface area contributed by atoms with Crippen LogP contribution >= 0.6 is 0 Å². The van der Waals surface area contributed by atoms with Crippen molar-refractivity contribution in [3.63, 3.8) is 0 Å². The van der Waals surface area contributed by atoms with Gasteiger partial charge in [0.25, 0.3) is 5.91 Å². The van der Waals surface area contributed by atoms with Crippen molar-refractivity contribution in [2.45, 2.75) is 18.9 Å². The Hall–Kier alpha value is -3.02. The fourth-order valence-electron chi connectivity index (χ4n) is 3.34. The van der Waals surface area contributed by atoms with Gasteiger partial charge in [-0.2, -0.15) is 0 Å². The molecule has 0 aliphatic carbocycles. The van der Waals surface area contributed by atoms with Gasteiger partial charge in [-0.3, -0.25) is 9.59 Å². The maximum absolute atomic E-state index is 12.7.